The summed E-state index contributed by atoms with van der Waals surface area (Å²) >= 11 is 1.40. The van der Waals surface area contributed by atoms with Gasteiger partial charge in [-0.15, -0.1) is 11.3 Å². The molecule has 0 radical (unpaired) electrons. The van der Waals surface area contributed by atoms with E-state index in [1.807, 2.05) is 43.3 Å². The van der Waals surface area contributed by atoms with Crippen LogP contribution in [0.15, 0.2) is 54.6 Å². The van der Waals surface area contributed by atoms with Gasteiger partial charge in [-0.3, -0.25) is 4.79 Å². The Morgan fingerprint density at radius 3 is 2.58 bits per heavy atom. The standard InChI is InChI=1S/C20H20N2O3S/c1-3-25-17-12-18(13-7-5-4-6-8-13)26-19(17)20(23)22-14-9-10-15(21)16(11-14)24-2/h4-12H,3,21H2,1-2H3,(H,22,23). The third kappa shape index (κ3) is 3.81. The molecule has 0 bridgehead atoms. The number of hydrogen-bond acceptors (Lipinski definition) is 5. The summed E-state index contributed by atoms with van der Waals surface area (Å²) in [7, 11) is 1.54. The maximum absolute atomic E-state index is 12.8. The number of carbonyl (C=O) groups is 1. The van der Waals surface area contributed by atoms with Gasteiger partial charge in [0.1, 0.15) is 16.4 Å². The number of methoxy groups -OCH3 is 1. The molecule has 0 spiro atoms. The summed E-state index contributed by atoms with van der Waals surface area (Å²) < 4.78 is 10.9. The second-order valence-electron chi connectivity index (χ2n) is 5.51. The Kier molecular flexibility index (Phi) is 5.43. The van der Waals surface area contributed by atoms with E-state index < -0.39 is 0 Å². The maximum Gasteiger partial charge on any atom is 0.269 e. The predicted molar refractivity (Wildman–Crippen MR) is 106 cm³/mol. The van der Waals surface area contributed by atoms with Crippen LogP contribution in [0.3, 0.4) is 0 Å². The summed E-state index contributed by atoms with van der Waals surface area (Å²) in [5.41, 5.74) is 7.99. The van der Waals surface area contributed by atoms with Crippen molar-refractivity contribution in [1.29, 1.82) is 0 Å². The van der Waals surface area contributed by atoms with Crippen LogP contribution in [0.1, 0.15) is 16.6 Å². The average molecular weight is 368 g/mol. The zero-order valence-electron chi connectivity index (χ0n) is 14.6. The zero-order valence-corrected chi connectivity index (χ0v) is 15.4. The van der Waals surface area contributed by atoms with Crippen molar-refractivity contribution < 1.29 is 14.3 Å². The van der Waals surface area contributed by atoms with E-state index >= 15 is 0 Å². The zero-order chi connectivity index (χ0) is 18.5. The molecule has 0 aliphatic carbocycles. The highest BCUT2D eigenvalue weighted by atomic mass is 32.1. The van der Waals surface area contributed by atoms with E-state index in [1.54, 1.807) is 18.2 Å². The molecule has 1 heterocycles. The largest absolute Gasteiger partial charge is 0.495 e. The van der Waals surface area contributed by atoms with Crippen LogP contribution in [0, 0.1) is 0 Å². The molecular weight excluding hydrogens is 348 g/mol. The van der Waals surface area contributed by atoms with Crippen molar-refractivity contribution in [1.82, 2.24) is 0 Å². The van der Waals surface area contributed by atoms with Crippen molar-refractivity contribution in [2.24, 2.45) is 0 Å². The minimum absolute atomic E-state index is 0.229. The van der Waals surface area contributed by atoms with Crippen molar-refractivity contribution >= 4 is 28.6 Å². The lowest BCUT2D eigenvalue weighted by Gasteiger charge is -2.09. The number of nitrogens with two attached hydrogens (primary N) is 1. The van der Waals surface area contributed by atoms with Crippen molar-refractivity contribution in [3.05, 3.63) is 59.5 Å². The molecule has 5 nitrogen and oxygen atoms in total. The molecule has 6 heteroatoms. The number of nitrogens with one attached hydrogen (secondary N) is 1. The fourth-order valence-electron chi connectivity index (χ4n) is 2.52. The molecule has 3 rings (SSSR count). The molecule has 0 aliphatic rings. The second-order valence-corrected chi connectivity index (χ2v) is 6.57. The number of rotatable bonds is 6. The van der Waals surface area contributed by atoms with Crippen LogP contribution in [0.4, 0.5) is 11.4 Å². The van der Waals surface area contributed by atoms with Gasteiger partial charge in [0.05, 0.1) is 19.4 Å². The van der Waals surface area contributed by atoms with Crippen LogP contribution >= 0.6 is 11.3 Å². The van der Waals surface area contributed by atoms with E-state index in [1.165, 1.54) is 18.4 Å². The highest BCUT2D eigenvalue weighted by molar-refractivity contribution is 7.17. The summed E-state index contributed by atoms with van der Waals surface area (Å²) in [6, 6.07) is 16.9. The molecule has 1 aromatic heterocycles. The summed E-state index contributed by atoms with van der Waals surface area (Å²) in [6.07, 6.45) is 0. The minimum Gasteiger partial charge on any atom is -0.495 e. The topological polar surface area (TPSA) is 73.6 Å². The van der Waals surface area contributed by atoms with Crippen LogP contribution < -0.4 is 20.5 Å². The van der Waals surface area contributed by atoms with E-state index in [2.05, 4.69) is 5.32 Å². The van der Waals surface area contributed by atoms with Gasteiger partial charge in [0.15, 0.2) is 0 Å². The Morgan fingerprint density at radius 2 is 1.88 bits per heavy atom. The van der Waals surface area contributed by atoms with Crippen molar-refractivity contribution in [3.8, 4) is 21.9 Å². The number of benzene rings is 2. The molecule has 26 heavy (non-hydrogen) atoms. The highest BCUT2D eigenvalue weighted by Gasteiger charge is 2.19. The van der Waals surface area contributed by atoms with E-state index in [9.17, 15) is 4.79 Å². The van der Waals surface area contributed by atoms with Crippen molar-refractivity contribution in [3.63, 3.8) is 0 Å². The first-order valence-corrected chi connectivity index (χ1v) is 9.01. The normalized spacial score (nSPS) is 10.4. The number of thiophene rings is 1. The summed E-state index contributed by atoms with van der Waals surface area (Å²) in [5, 5.41) is 2.88. The van der Waals surface area contributed by atoms with Gasteiger partial charge in [0.2, 0.25) is 0 Å². The Balaban J connectivity index is 1.89. The number of nitrogen functional groups attached to an aromatic ring is 1. The summed E-state index contributed by atoms with van der Waals surface area (Å²) in [4.78, 5) is 14.3. The Hall–Kier alpha value is -2.99. The molecule has 134 valence electrons. The van der Waals surface area contributed by atoms with Gasteiger partial charge in [-0.25, -0.2) is 0 Å². The fourth-order valence-corrected chi connectivity index (χ4v) is 3.52. The third-order valence-corrected chi connectivity index (χ3v) is 4.92. The van der Waals surface area contributed by atoms with Crippen LogP contribution in [-0.2, 0) is 0 Å². The van der Waals surface area contributed by atoms with Crippen LogP contribution in [-0.4, -0.2) is 19.6 Å². The van der Waals surface area contributed by atoms with Crippen LogP contribution in [0.5, 0.6) is 11.5 Å². The van der Waals surface area contributed by atoms with Crippen molar-refractivity contribution in [2.75, 3.05) is 24.8 Å². The lowest BCUT2D eigenvalue weighted by atomic mass is 10.2. The fraction of sp³-hybridized carbons (Fsp3) is 0.150. The number of amides is 1. The van der Waals surface area contributed by atoms with Gasteiger partial charge in [0.25, 0.3) is 5.91 Å². The van der Waals surface area contributed by atoms with E-state index in [-0.39, 0.29) is 5.91 Å². The number of hydrogen-bond donors (Lipinski definition) is 2. The molecule has 0 unspecified atom stereocenters. The summed E-state index contributed by atoms with van der Waals surface area (Å²) in [5.74, 6) is 0.868. The highest BCUT2D eigenvalue weighted by Crippen LogP contribution is 2.37. The van der Waals surface area contributed by atoms with Gasteiger partial charge >= 0.3 is 0 Å². The molecule has 1 amide bonds. The number of ether oxygens (including phenoxy) is 2. The maximum atomic E-state index is 12.8. The molecule has 0 saturated heterocycles. The number of carbonyl (C=O) groups excluding carboxylic acids is 1. The number of anilines is 2. The first-order valence-electron chi connectivity index (χ1n) is 8.19. The smallest absolute Gasteiger partial charge is 0.269 e. The van der Waals surface area contributed by atoms with Crippen LogP contribution in [0.2, 0.25) is 0 Å². The first kappa shape index (κ1) is 17.8. The van der Waals surface area contributed by atoms with E-state index in [0.717, 1.165) is 10.4 Å². The minimum atomic E-state index is -0.229. The Bertz CT molecular complexity index is 907. The molecule has 0 fully saturated rings. The lowest BCUT2D eigenvalue weighted by molar-refractivity contribution is 0.102. The molecule has 0 saturated carbocycles. The molecule has 3 aromatic rings. The molecule has 3 N–H and O–H groups in total. The molecule has 0 aliphatic heterocycles. The van der Waals surface area contributed by atoms with E-state index in [0.29, 0.717) is 34.4 Å². The van der Waals surface area contributed by atoms with Crippen molar-refractivity contribution in [2.45, 2.75) is 6.92 Å². The SMILES string of the molecule is CCOc1cc(-c2ccccc2)sc1C(=O)Nc1ccc(N)c(OC)c1. The molecule has 2 aromatic carbocycles. The van der Waals surface area contributed by atoms with E-state index in [4.69, 9.17) is 15.2 Å². The van der Waals surface area contributed by atoms with Gasteiger partial charge in [0, 0.05) is 16.6 Å². The third-order valence-electron chi connectivity index (χ3n) is 3.75. The summed E-state index contributed by atoms with van der Waals surface area (Å²) in [6.45, 7) is 2.38. The molecule has 0 atom stereocenters. The monoisotopic (exact) mass is 368 g/mol. The van der Waals surface area contributed by atoms with Gasteiger partial charge in [-0.1, -0.05) is 30.3 Å². The lowest BCUT2D eigenvalue weighted by Crippen LogP contribution is -2.12. The van der Waals surface area contributed by atoms with Gasteiger partial charge < -0.3 is 20.5 Å². The first-order chi connectivity index (χ1) is 12.6. The van der Waals surface area contributed by atoms with Crippen LogP contribution in [0.25, 0.3) is 10.4 Å². The predicted octanol–water partition coefficient (Wildman–Crippen LogP) is 4.66. The molecular formula is C20H20N2O3S. The quantitative estimate of drug-likeness (QED) is 0.621. The van der Waals surface area contributed by atoms with Gasteiger partial charge in [-0.05, 0) is 30.7 Å². The Labute approximate surface area is 156 Å². The Morgan fingerprint density at radius 1 is 1.12 bits per heavy atom. The second kappa shape index (κ2) is 7.93. The average Bonchev–Trinajstić information content (AvgIpc) is 3.08. The van der Waals surface area contributed by atoms with Gasteiger partial charge in [-0.2, -0.15) is 0 Å².